The number of methoxy groups -OCH3 is 3. The van der Waals surface area contributed by atoms with Crippen molar-refractivity contribution in [2.45, 2.75) is 6.54 Å². The highest BCUT2D eigenvalue weighted by atomic mass is 16.5. The quantitative estimate of drug-likeness (QED) is 0.464. The van der Waals surface area contributed by atoms with Gasteiger partial charge in [-0.05, 0) is 29.3 Å². The van der Waals surface area contributed by atoms with Crippen molar-refractivity contribution in [3.05, 3.63) is 71.5 Å². The van der Waals surface area contributed by atoms with Crippen molar-refractivity contribution < 1.29 is 19.0 Å². The Hall–Kier alpha value is -3.61. The summed E-state index contributed by atoms with van der Waals surface area (Å²) in [5, 5.41) is 8.28. The van der Waals surface area contributed by atoms with E-state index in [4.69, 9.17) is 14.2 Å². The lowest BCUT2D eigenvalue weighted by Gasteiger charge is -2.09. The predicted octanol–water partition coefficient (Wildman–Crippen LogP) is 3.06. The lowest BCUT2D eigenvalue weighted by atomic mass is 10.1. The Morgan fingerprint density at radius 2 is 1.79 bits per heavy atom. The summed E-state index contributed by atoms with van der Waals surface area (Å²) in [4.78, 5) is 12.2. The Morgan fingerprint density at radius 1 is 1.04 bits per heavy atom. The fraction of sp³-hybridized carbons (Fsp3) is 0.190. The molecule has 1 heterocycles. The van der Waals surface area contributed by atoms with E-state index in [0.29, 0.717) is 29.3 Å². The van der Waals surface area contributed by atoms with E-state index < -0.39 is 5.97 Å². The van der Waals surface area contributed by atoms with Crippen LogP contribution in [0.4, 0.5) is 0 Å². The summed E-state index contributed by atoms with van der Waals surface area (Å²) in [5.41, 5.74) is 2.61. The third kappa shape index (κ3) is 4.37. The van der Waals surface area contributed by atoms with E-state index in [2.05, 4.69) is 10.3 Å². The molecule has 28 heavy (non-hydrogen) atoms. The van der Waals surface area contributed by atoms with Gasteiger partial charge in [0.25, 0.3) is 0 Å². The molecule has 7 nitrogen and oxygen atoms in total. The number of hydrogen-bond donors (Lipinski definition) is 0. The Kier molecular flexibility index (Phi) is 6.06. The standard InChI is InChI=1S/C21H21N3O4/c1-26-19-10-9-16(12-20(19)27-2)13-24-14-18(22-23-24)17(21(25)28-3)11-15-7-5-4-6-8-15/h4-12,14H,13H2,1-3H3. The normalized spacial score (nSPS) is 11.2. The second-order valence-corrected chi connectivity index (χ2v) is 5.95. The van der Waals surface area contributed by atoms with Gasteiger partial charge in [0, 0.05) is 0 Å². The molecule has 3 rings (SSSR count). The van der Waals surface area contributed by atoms with Gasteiger partial charge in [-0.15, -0.1) is 5.10 Å². The third-order valence-corrected chi connectivity index (χ3v) is 4.12. The minimum atomic E-state index is -0.470. The predicted molar refractivity (Wildman–Crippen MR) is 105 cm³/mol. The zero-order valence-corrected chi connectivity index (χ0v) is 16.0. The molecule has 0 N–H and O–H groups in total. The van der Waals surface area contributed by atoms with Crippen molar-refractivity contribution >= 4 is 17.6 Å². The van der Waals surface area contributed by atoms with Gasteiger partial charge >= 0.3 is 5.97 Å². The van der Waals surface area contributed by atoms with Gasteiger partial charge in [-0.2, -0.15) is 0 Å². The average molecular weight is 379 g/mol. The second-order valence-electron chi connectivity index (χ2n) is 5.95. The Balaban J connectivity index is 1.87. The van der Waals surface area contributed by atoms with E-state index in [9.17, 15) is 4.79 Å². The highest BCUT2D eigenvalue weighted by molar-refractivity contribution is 6.20. The number of esters is 1. The van der Waals surface area contributed by atoms with E-state index >= 15 is 0 Å². The van der Waals surface area contributed by atoms with Crippen LogP contribution in [0.3, 0.4) is 0 Å². The molecular formula is C21H21N3O4. The van der Waals surface area contributed by atoms with Gasteiger partial charge in [0.2, 0.25) is 0 Å². The molecule has 0 bridgehead atoms. The number of carbonyl (C=O) groups excluding carboxylic acids is 1. The molecule has 0 saturated carbocycles. The topological polar surface area (TPSA) is 75.5 Å². The van der Waals surface area contributed by atoms with Crippen molar-refractivity contribution in [3.63, 3.8) is 0 Å². The molecule has 7 heteroatoms. The number of aromatic nitrogens is 3. The van der Waals surface area contributed by atoms with Crippen LogP contribution in [0, 0.1) is 0 Å². The van der Waals surface area contributed by atoms with Crippen LogP contribution >= 0.6 is 0 Å². The smallest absolute Gasteiger partial charge is 0.340 e. The van der Waals surface area contributed by atoms with Crippen molar-refractivity contribution in [1.29, 1.82) is 0 Å². The van der Waals surface area contributed by atoms with Crippen LogP contribution in [-0.2, 0) is 16.1 Å². The van der Waals surface area contributed by atoms with Crippen LogP contribution in [0.5, 0.6) is 11.5 Å². The number of benzene rings is 2. The van der Waals surface area contributed by atoms with Crippen molar-refractivity contribution in [2.24, 2.45) is 0 Å². The summed E-state index contributed by atoms with van der Waals surface area (Å²) in [6.07, 6.45) is 3.44. The van der Waals surface area contributed by atoms with Crippen molar-refractivity contribution in [1.82, 2.24) is 15.0 Å². The Bertz CT molecular complexity index is 980. The van der Waals surface area contributed by atoms with E-state index in [-0.39, 0.29) is 0 Å². The summed E-state index contributed by atoms with van der Waals surface area (Å²) in [7, 11) is 4.52. The number of ether oxygens (including phenoxy) is 3. The maximum absolute atomic E-state index is 12.2. The van der Waals surface area contributed by atoms with Crippen LogP contribution < -0.4 is 9.47 Å². The molecule has 0 unspecified atom stereocenters. The maximum Gasteiger partial charge on any atom is 0.340 e. The van der Waals surface area contributed by atoms with Crippen molar-refractivity contribution in [2.75, 3.05) is 21.3 Å². The van der Waals surface area contributed by atoms with Gasteiger partial charge in [0.15, 0.2) is 11.5 Å². The zero-order chi connectivity index (χ0) is 19.9. The van der Waals surface area contributed by atoms with Gasteiger partial charge in [0.05, 0.1) is 39.6 Å². The first-order chi connectivity index (χ1) is 13.6. The molecule has 0 fully saturated rings. The first-order valence-corrected chi connectivity index (χ1v) is 8.61. The minimum Gasteiger partial charge on any atom is -0.493 e. The minimum absolute atomic E-state index is 0.340. The molecule has 0 aliphatic carbocycles. The Labute approximate surface area is 163 Å². The van der Waals surface area contributed by atoms with Gasteiger partial charge in [-0.1, -0.05) is 41.6 Å². The highest BCUT2D eigenvalue weighted by Crippen LogP contribution is 2.28. The molecule has 144 valence electrons. The third-order valence-electron chi connectivity index (χ3n) is 4.12. The van der Waals surface area contributed by atoms with E-state index in [1.54, 1.807) is 31.2 Å². The summed E-state index contributed by atoms with van der Waals surface area (Å²) >= 11 is 0. The largest absolute Gasteiger partial charge is 0.493 e. The van der Waals surface area contributed by atoms with Crippen LogP contribution in [0.1, 0.15) is 16.8 Å². The van der Waals surface area contributed by atoms with Gasteiger partial charge in [0.1, 0.15) is 5.69 Å². The Morgan fingerprint density at radius 3 is 2.46 bits per heavy atom. The molecule has 0 aliphatic heterocycles. The molecule has 0 spiro atoms. The summed E-state index contributed by atoms with van der Waals surface area (Å²) < 4.78 is 17.1. The second kappa shape index (κ2) is 8.85. The SMILES string of the molecule is COC(=O)C(=Cc1ccccc1)c1cn(Cc2ccc(OC)c(OC)c2)nn1. The lowest BCUT2D eigenvalue weighted by Crippen LogP contribution is -2.04. The van der Waals surface area contributed by atoms with Gasteiger partial charge in [-0.3, -0.25) is 0 Å². The lowest BCUT2D eigenvalue weighted by molar-refractivity contribution is -0.133. The average Bonchev–Trinajstić information content (AvgIpc) is 3.20. The number of hydrogen-bond acceptors (Lipinski definition) is 6. The first-order valence-electron chi connectivity index (χ1n) is 8.61. The van der Waals surface area contributed by atoms with Crippen LogP contribution in [0.25, 0.3) is 11.6 Å². The molecule has 1 aromatic heterocycles. The van der Waals surface area contributed by atoms with E-state index in [1.165, 1.54) is 7.11 Å². The number of carbonyl (C=O) groups is 1. The van der Waals surface area contributed by atoms with Gasteiger partial charge < -0.3 is 14.2 Å². The van der Waals surface area contributed by atoms with Crippen LogP contribution in [-0.4, -0.2) is 42.3 Å². The fourth-order valence-corrected chi connectivity index (χ4v) is 2.73. The van der Waals surface area contributed by atoms with E-state index in [0.717, 1.165) is 11.1 Å². The monoisotopic (exact) mass is 379 g/mol. The molecule has 0 atom stereocenters. The highest BCUT2D eigenvalue weighted by Gasteiger charge is 2.17. The molecule has 0 aliphatic rings. The zero-order valence-electron chi connectivity index (χ0n) is 16.0. The summed E-state index contributed by atoms with van der Waals surface area (Å²) in [6.45, 7) is 0.465. The van der Waals surface area contributed by atoms with Crippen LogP contribution in [0.15, 0.2) is 54.7 Å². The number of nitrogens with zero attached hydrogens (tertiary/aromatic N) is 3. The molecule has 2 aromatic carbocycles. The van der Waals surface area contributed by atoms with E-state index in [1.807, 2.05) is 48.5 Å². The molecule has 0 amide bonds. The molecule has 0 radical (unpaired) electrons. The first kappa shape index (κ1) is 19.2. The fourth-order valence-electron chi connectivity index (χ4n) is 2.73. The van der Waals surface area contributed by atoms with Crippen molar-refractivity contribution in [3.8, 4) is 11.5 Å². The molecule has 0 saturated heterocycles. The van der Waals surface area contributed by atoms with Crippen LogP contribution in [0.2, 0.25) is 0 Å². The summed E-state index contributed by atoms with van der Waals surface area (Å²) in [6, 6.07) is 15.1. The summed E-state index contributed by atoms with van der Waals surface area (Å²) in [5.74, 6) is 0.825. The molecule has 3 aromatic rings. The molecular weight excluding hydrogens is 358 g/mol. The maximum atomic E-state index is 12.2. The number of rotatable bonds is 7. The van der Waals surface area contributed by atoms with Gasteiger partial charge in [-0.25, -0.2) is 9.48 Å².